The monoisotopic (exact) mass is 246 g/mol. The molecule has 94 valence electrons. The van der Waals surface area contributed by atoms with Crippen LogP contribution in [0.4, 0.5) is 5.82 Å². The fraction of sp³-hybridized carbons (Fsp3) is 0.273. The Bertz CT molecular complexity index is 493. The van der Waals surface area contributed by atoms with Crippen LogP contribution in [0, 0.1) is 0 Å². The van der Waals surface area contributed by atoms with Crippen LogP contribution in [0.25, 0.3) is 0 Å². The Labute approximate surface area is 104 Å². The predicted octanol–water partition coefficient (Wildman–Crippen LogP) is 0.214. The first-order valence-corrected chi connectivity index (χ1v) is 5.56. The van der Waals surface area contributed by atoms with E-state index < -0.39 is 0 Å². The highest BCUT2D eigenvalue weighted by Crippen LogP contribution is 1.99. The molecule has 0 saturated carbocycles. The normalized spacial score (nSPS) is 10.1. The lowest BCUT2D eigenvalue weighted by molar-refractivity contribution is 0.0948. The summed E-state index contributed by atoms with van der Waals surface area (Å²) in [7, 11) is 1.74. The lowest BCUT2D eigenvalue weighted by Crippen LogP contribution is -2.26. The van der Waals surface area contributed by atoms with Crippen molar-refractivity contribution >= 4 is 11.7 Å². The van der Waals surface area contributed by atoms with Gasteiger partial charge in [-0.15, -0.1) is 0 Å². The van der Waals surface area contributed by atoms with E-state index >= 15 is 0 Å². The first-order chi connectivity index (χ1) is 8.79. The third-order valence-electron chi connectivity index (χ3n) is 2.34. The molecule has 0 aliphatic heterocycles. The van der Waals surface area contributed by atoms with E-state index in [0.29, 0.717) is 24.5 Å². The molecule has 0 spiro atoms. The van der Waals surface area contributed by atoms with Gasteiger partial charge >= 0.3 is 0 Å². The summed E-state index contributed by atoms with van der Waals surface area (Å²) in [6, 6.07) is 0. The Kier molecular flexibility index (Phi) is 3.85. The topological polar surface area (TPSA) is 95.6 Å². The highest BCUT2D eigenvalue weighted by molar-refractivity contribution is 5.91. The zero-order chi connectivity index (χ0) is 12.8. The van der Waals surface area contributed by atoms with E-state index in [1.165, 1.54) is 12.4 Å². The molecule has 2 aromatic heterocycles. The predicted molar refractivity (Wildman–Crippen MR) is 66.2 cm³/mol. The number of aromatic nitrogens is 4. The molecule has 2 rings (SSSR count). The van der Waals surface area contributed by atoms with E-state index in [-0.39, 0.29) is 5.91 Å². The number of hydrogen-bond acceptors (Lipinski definition) is 5. The van der Waals surface area contributed by atoms with Crippen molar-refractivity contribution < 1.29 is 4.79 Å². The van der Waals surface area contributed by atoms with Gasteiger partial charge in [0.1, 0.15) is 17.3 Å². The standard InChI is InChI=1S/C11H14N6O/c1-12-10-7-16-8(6-17-10)11(18)15-3-2-9-13-4-5-14-9/h4-7H,2-3H2,1H3,(H,12,17)(H,13,14)(H,15,18). The third-order valence-corrected chi connectivity index (χ3v) is 2.34. The van der Waals surface area contributed by atoms with E-state index in [0.717, 1.165) is 5.82 Å². The molecule has 7 nitrogen and oxygen atoms in total. The molecular formula is C11H14N6O. The molecular weight excluding hydrogens is 232 g/mol. The number of rotatable bonds is 5. The van der Waals surface area contributed by atoms with E-state index in [2.05, 4.69) is 30.6 Å². The van der Waals surface area contributed by atoms with Gasteiger partial charge in [0.15, 0.2) is 0 Å². The number of aromatic amines is 1. The van der Waals surface area contributed by atoms with E-state index in [1.807, 2.05) is 0 Å². The SMILES string of the molecule is CNc1cnc(C(=O)NCCc2ncc[nH]2)cn1. The second kappa shape index (κ2) is 5.76. The smallest absolute Gasteiger partial charge is 0.271 e. The molecule has 0 aliphatic carbocycles. The first kappa shape index (κ1) is 12.0. The molecule has 2 aromatic rings. The maximum atomic E-state index is 11.7. The molecule has 0 aliphatic rings. The zero-order valence-corrected chi connectivity index (χ0v) is 9.97. The second-order valence-corrected chi connectivity index (χ2v) is 3.58. The molecule has 0 unspecified atom stereocenters. The summed E-state index contributed by atoms with van der Waals surface area (Å²) in [5.74, 6) is 1.23. The van der Waals surface area contributed by atoms with Crippen LogP contribution in [0.2, 0.25) is 0 Å². The minimum atomic E-state index is -0.239. The van der Waals surface area contributed by atoms with Gasteiger partial charge < -0.3 is 15.6 Å². The fourth-order valence-electron chi connectivity index (χ4n) is 1.39. The molecule has 0 bridgehead atoms. The molecule has 7 heteroatoms. The van der Waals surface area contributed by atoms with Gasteiger partial charge in [-0.1, -0.05) is 0 Å². The average molecular weight is 246 g/mol. The number of carbonyl (C=O) groups excluding carboxylic acids is 1. The highest BCUT2D eigenvalue weighted by Gasteiger charge is 2.07. The number of hydrogen-bond donors (Lipinski definition) is 3. The maximum Gasteiger partial charge on any atom is 0.271 e. The lowest BCUT2D eigenvalue weighted by Gasteiger charge is -2.04. The summed E-state index contributed by atoms with van der Waals surface area (Å²) in [5, 5.41) is 5.59. The van der Waals surface area contributed by atoms with Crippen molar-refractivity contribution in [3.05, 3.63) is 36.3 Å². The number of amides is 1. The molecule has 18 heavy (non-hydrogen) atoms. The molecule has 1 amide bonds. The van der Waals surface area contributed by atoms with Crippen LogP contribution in [0.1, 0.15) is 16.3 Å². The van der Waals surface area contributed by atoms with Crippen LogP contribution in [0.15, 0.2) is 24.8 Å². The van der Waals surface area contributed by atoms with Gasteiger partial charge in [0.2, 0.25) is 0 Å². The number of H-pyrrole nitrogens is 1. The molecule has 2 heterocycles. The van der Waals surface area contributed by atoms with Crippen molar-refractivity contribution in [1.82, 2.24) is 25.3 Å². The average Bonchev–Trinajstić information content (AvgIpc) is 2.92. The number of anilines is 1. The Morgan fingerprint density at radius 3 is 2.83 bits per heavy atom. The largest absolute Gasteiger partial charge is 0.372 e. The Morgan fingerprint density at radius 2 is 2.22 bits per heavy atom. The quantitative estimate of drug-likeness (QED) is 0.701. The third kappa shape index (κ3) is 3.03. The van der Waals surface area contributed by atoms with Crippen molar-refractivity contribution in [2.75, 3.05) is 18.9 Å². The Morgan fingerprint density at radius 1 is 1.33 bits per heavy atom. The van der Waals surface area contributed by atoms with Crippen molar-refractivity contribution in [3.8, 4) is 0 Å². The number of nitrogens with one attached hydrogen (secondary N) is 3. The van der Waals surface area contributed by atoms with Gasteiger partial charge in [0.25, 0.3) is 5.91 Å². The summed E-state index contributed by atoms with van der Waals surface area (Å²) >= 11 is 0. The molecule has 3 N–H and O–H groups in total. The summed E-state index contributed by atoms with van der Waals surface area (Å²) in [4.78, 5) is 26.8. The van der Waals surface area contributed by atoms with Crippen molar-refractivity contribution in [2.24, 2.45) is 0 Å². The Balaban J connectivity index is 1.83. The van der Waals surface area contributed by atoms with Gasteiger partial charge in [-0.25, -0.2) is 15.0 Å². The maximum absolute atomic E-state index is 11.7. The number of carbonyl (C=O) groups is 1. The zero-order valence-electron chi connectivity index (χ0n) is 9.97. The van der Waals surface area contributed by atoms with Crippen molar-refractivity contribution in [3.63, 3.8) is 0 Å². The van der Waals surface area contributed by atoms with Gasteiger partial charge in [0.05, 0.1) is 12.4 Å². The van der Waals surface area contributed by atoms with Gasteiger partial charge in [-0.2, -0.15) is 0 Å². The second-order valence-electron chi connectivity index (χ2n) is 3.58. The summed E-state index contributed by atoms with van der Waals surface area (Å²) in [6.07, 6.45) is 7.04. The highest BCUT2D eigenvalue weighted by atomic mass is 16.1. The molecule has 0 radical (unpaired) electrons. The van der Waals surface area contributed by atoms with Crippen molar-refractivity contribution in [2.45, 2.75) is 6.42 Å². The van der Waals surface area contributed by atoms with Gasteiger partial charge in [-0.05, 0) is 0 Å². The molecule has 0 atom stereocenters. The molecule has 0 aromatic carbocycles. The van der Waals surface area contributed by atoms with E-state index in [9.17, 15) is 4.79 Å². The van der Waals surface area contributed by atoms with Crippen LogP contribution in [-0.2, 0) is 6.42 Å². The summed E-state index contributed by atoms with van der Waals surface area (Å²) in [6.45, 7) is 0.502. The molecule has 0 fully saturated rings. The van der Waals surface area contributed by atoms with Crippen LogP contribution >= 0.6 is 0 Å². The van der Waals surface area contributed by atoms with Gasteiger partial charge in [-0.3, -0.25) is 4.79 Å². The Hall–Kier alpha value is -2.44. The lowest BCUT2D eigenvalue weighted by atomic mass is 10.3. The first-order valence-electron chi connectivity index (χ1n) is 5.56. The van der Waals surface area contributed by atoms with Crippen LogP contribution < -0.4 is 10.6 Å². The minimum Gasteiger partial charge on any atom is -0.372 e. The van der Waals surface area contributed by atoms with Crippen LogP contribution in [0.5, 0.6) is 0 Å². The summed E-state index contributed by atoms with van der Waals surface area (Å²) in [5.41, 5.74) is 0.299. The van der Waals surface area contributed by atoms with Crippen LogP contribution in [-0.4, -0.2) is 39.4 Å². The number of imidazole rings is 1. The van der Waals surface area contributed by atoms with Gasteiger partial charge in [0, 0.05) is 32.4 Å². The van der Waals surface area contributed by atoms with E-state index in [4.69, 9.17) is 0 Å². The summed E-state index contributed by atoms with van der Waals surface area (Å²) < 4.78 is 0. The molecule has 0 saturated heterocycles. The van der Waals surface area contributed by atoms with Crippen LogP contribution in [0.3, 0.4) is 0 Å². The minimum absolute atomic E-state index is 0.239. The van der Waals surface area contributed by atoms with Crippen molar-refractivity contribution in [1.29, 1.82) is 0 Å². The fourth-order valence-corrected chi connectivity index (χ4v) is 1.39. The van der Waals surface area contributed by atoms with E-state index in [1.54, 1.807) is 19.4 Å². The number of nitrogens with zero attached hydrogens (tertiary/aromatic N) is 3.